The van der Waals surface area contributed by atoms with E-state index >= 15 is 0 Å². The van der Waals surface area contributed by atoms with Gasteiger partial charge in [-0.05, 0) is 19.8 Å². The van der Waals surface area contributed by atoms with Gasteiger partial charge in [-0.3, -0.25) is 4.79 Å². The lowest BCUT2D eigenvalue weighted by atomic mass is 10.1. The minimum atomic E-state index is -0.708. The molecule has 1 aliphatic carbocycles. The van der Waals surface area contributed by atoms with Crippen LogP contribution in [0.25, 0.3) is 0 Å². The maximum Gasteiger partial charge on any atom is 0.203 e. The molecule has 1 aliphatic heterocycles. The first-order valence-corrected chi connectivity index (χ1v) is 6.64. The van der Waals surface area contributed by atoms with E-state index in [2.05, 4.69) is 4.98 Å². The van der Waals surface area contributed by atoms with Crippen molar-refractivity contribution < 1.29 is 14.3 Å². The Labute approximate surface area is 104 Å². The number of thiazole rings is 1. The zero-order chi connectivity index (χ0) is 12.1. The van der Waals surface area contributed by atoms with E-state index < -0.39 is 5.79 Å². The van der Waals surface area contributed by atoms with E-state index in [1.54, 1.807) is 6.20 Å². The molecule has 0 spiro atoms. The number of ketones is 1. The van der Waals surface area contributed by atoms with Crippen molar-refractivity contribution in [2.75, 3.05) is 13.2 Å². The van der Waals surface area contributed by atoms with E-state index in [1.165, 1.54) is 11.3 Å². The lowest BCUT2D eigenvalue weighted by Crippen LogP contribution is -2.20. The van der Waals surface area contributed by atoms with E-state index in [9.17, 15) is 4.79 Å². The highest BCUT2D eigenvalue weighted by Gasteiger charge is 2.47. The van der Waals surface area contributed by atoms with Gasteiger partial charge in [0.15, 0.2) is 10.8 Å². The molecule has 5 heteroatoms. The van der Waals surface area contributed by atoms with Crippen molar-refractivity contribution >= 4 is 17.1 Å². The summed E-state index contributed by atoms with van der Waals surface area (Å²) in [6.07, 6.45) is 3.66. The standard InChI is InChI=1S/C12H15NO3S/c1-11(3-4-11)9(14)10-13-7-8(17-10)12(2)15-5-6-16-12/h7H,3-6H2,1-2H3. The quantitative estimate of drug-likeness (QED) is 0.776. The summed E-state index contributed by atoms with van der Waals surface area (Å²) in [7, 11) is 0. The third kappa shape index (κ3) is 1.82. The summed E-state index contributed by atoms with van der Waals surface area (Å²) in [6, 6.07) is 0. The molecule has 0 N–H and O–H groups in total. The van der Waals surface area contributed by atoms with Crippen LogP contribution < -0.4 is 0 Å². The van der Waals surface area contributed by atoms with E-state index in [-0.39, 0.29) is 11.2 Å². The maximum atomic E-state index is 12.1. The maximum absolute atomic E-state index is 12.1. The molecular weight excluding hydrogens is 238 g/mol. The Balaban J connectivity index is 1.85. The molecule has 1 saturated carbocycles. The number of Topliss-reactive ketones (excluding diaryl/α,β-unsaturated/α-hetero) is 1. The van der Waals surface area contributed by atoms with E-state index in [4.69, 9.17) is 9.47 Å². The van der Waals surface area contributed by atoms with Gasteiger partial charge in [0.1, 0.15) is 0 Å². The second-order valence-corrected chi connectivity index (χ2v) is 6.09. The third-order valence-electron chi connectivity index (χ3n) is 3.53. The van der Waals surface area contributed by atoms with Crippen molar-refractivity contribution in [2.45, 2.75) is 32.5 Å². The molecule has 2 aliphatic rings. The molecule has 1 aromatic heterocycles. The Hall–Kier alpha value is -0.780. The van der Waals surface area contributed by atoms with Crippen LogP contribution in [0.3, 0.4) is 0 Å². The fourth-order valence-corrected chi connectivity index (χ4v) is 2.98. The zero-order valence-corrected chi connectivity index (χ0v) is 10.8. The second-order valence-electron chi connectivity index (χ2n) is 5.06. The van der Waals surface area contributed by atoms with Gasteiger partial charge in [0.2, 0.25) is 5.79 Å². The molecule has 0 aromatic carbocycles. The predicted octanol–water partition coefficient (Wildman–Crippen LogP) is 2.35. The lowest BCUT2D eigenvalue weighted by molar-refractivity contribution is -0.147. The van der Waals surface area contributed by atoms with Gasteiger partial charge in [-0.2, -0.15) is 0 Å². The molecule has 92 valence electrons. The average Bonchev–Trinajstić information content (AvgIpc) is 2.77. The number of carbonyl (C=O) groups is 1. The fraction of sp³-hybridized carbons (Fsp3) is 0.667. The van der Waals surface area contributed by atoms with E-state index in [1.807, 2.05) is 13.8 Å². The number of ether oxygens (including phenoxy) is 2. The molecule has 4 nitrogen and oxygen atoms in total. The number of carbonyl (C=O) groups excluding carboxylic acids is 1. The van der Waals surface area contributed by atoms with Crippen LogP contribution >= 0.6 is 11.3 Å². The lowest BCUT2D eigenvalue weighted by Gasteiger charge is -2.19. The summed E-state index contributed by atoms with van der Waals surface area (Å²) in [6.45, 7) is 5.06. The molecule has 2 heterocycles. The molecule has 1 aromatic rings. The first-order valence-electron chi connectivity index (χ1n) is 5.83. The monoisotopic (exact) mass is 253 g/mol. The molecule has 0 amide bonds. The highest BCUT2D eigenvalue weighted by atomic mass is 32.1. The van der Waals surface area contributed by atoms with E-state index in [0.717, 1.165) is 17.7 Å². The van der Waals surface area contributed by atoms with E-state index in [0.29, 0.717) is 18.2 Å². The fourth-order valence-electron chi connectivity index (χ4n) is 1.92. The van der Waals surface area contributed by atoms with Gasteiger partial charge in [-0.15, -0.1) is 11.3 Å². The zero-order valence-electron chi connectivity index (χ0n) is 9.99. The normalized spacial score (nSPS) is 24.8. The predicted molar refractivity (Wildman–Crippen MR) is 63.0 cm³/mol. The summed E-state index contributed by atoms with van der Waals surface area (Å²) in [4.78, 5) is 17.2. The largest absolute Gasteiger partial charge is 0.343 e. The number of aromatic nitrogens is 1. The van der Waals surface area contributed by atoms with Crippen molar-refractivity contribution in [3.8, 4) is 0 Å². The average molecular weight is 253 g/mol. The van der Waals surface area contributed by atoms with Gasteiger partial charge < -0.3 is 9.47 Å². The summed E-state index contributed by atoms with van der Waals surface area (Å²) in [5.74, 6) is -0.545. The summed E-state index contributed by atoms with van der Waals surface area (Å²) < 4.78 is 11.1. The summed E-state index contributed by atoms with van der Waals surface area (Å²) in [5.41, 5.74) is -0.159. The molecule has 3 rings (SSSR count). The molecular formula is C12H15NO3S. The van der Waals surface area contributed by atoms with Gasteiger partial charge >= 0.3 is 0 Å². The Morgan fingerprint density at radius 1 is 1.35 bits per heavy atom. The first-order chi connectivity index (χ1) is 8.04. The Morgan fingerprint density at radius 3 is 2.59 bits per heavy atom. The molecule has 0 unspecified atom stereocenters. The van der Waals surface area contributed by atoms with Crippen LogP contribution in [-0.4, -0.2) is 24.0 Å². The smallest absolute Gasteiger partial charge is 0.203 e. The van der Waals surface area contributed by atoms with Crippen molar-refractivity contribution in [1.82, 2.24) is 4.98 Å². The van der Waals surface area contributed by atoms with Crippen LogP contribution in [0.4, 0.5) is 0 Å². The van der Waals surface area contributed by atoms with Crippen molar-refractivity contribution in [3.05, 3.63) is 16.1 Å². The van der Waals surface area contributed by atoms with Crippen molar-refractivity contribution in [2.24, 2.45) is 5.41 Å². The van der Waals surface area contributed by atoms with Crippen LogP contribution in [0.2, 0.25) is 0 Å². The second kappa shape index (κ2) is 3.60. The highest BCUT2D eigenvalue weighted by Crippen LogP contribution is 2.48. The molecule has 0 radical (unpaired) electrons. The van der Waals surface area contributed by atoms with Gasteiger partial charge in [0.25, 0.3) is 0 Å². The van der Waals surface area contributed by atoms with Crippen LogP contribution in [0, 0.1) is 5.41 Å². The summed E-state index contributed by atoms with van der Waals surface area (Å²) >= 11 is 1.39. The van der Waals surface area contributed by atoms with Gasteiger partial charge in [-0.1, -0.05) is 6.92 Å². The number of hydrogen-bond donors (Lipinski definition) is 0. The Kier molecular flexibility index (Phi) is 2.40. The SMILES string of the molecule is CC1(C(=O)c2ncc(C3(C)OCCO3)s2)CC1. The Bertz CT molecular complexity index is 458. The number of hydrogen-bond acceptors (Lipinski definition) is 5. The highest BCUT2D eigenvalue weighted by molar-refractivity contribution is 7.13. The van der Waals surface area contributed by atoms with Gasteiger partial charge in [-0.25, -0.2) is 4.98 Å². The molecule has 2 fully saturated rings. The summed E-state index contributed by atoms with van der Waals surface area (Å²) in [5, 5.41) is 0.584. The van der Waals surface area contributed by atoms with Crippen LogP contribution in [0.15, 0.2) is 6.20 Å². The minimum Gasteiger partial charge on any atom is -0.343 e. The molecule has 0 atom stereocenters. The molecule has 17 heavy (non-hydrogen) atoms. The van der Waals surface area contributed by atoms with Crippen LogP contribution in [0.5, 0.6) is 0 Å². The number of rotatable bonds is 3. The van der Waals surface area contributed by atoms with Gasteiger partial charge in [0.05, 0.1) is 18.1 Å². The van der Waals surface area contributed by atoms with Crippen molar-refractivity contribution in [1.29, 1.82) is 0 Å². The molecule has 1 saturated heterocycles. The van der Waals surface area contributed by atoms with Crippen LogP contribution in [-0.2, 0) is 15.3 Å². The molecule has 0 bridgehead atoms. The minimum absolute atomic E-state index is 0.159. The van der Waals surface area contributed by atoms with Gasteiger partial charge in [0, 0.05) is 11.6 Å². The number of nitrogens with zero attached hydrogens (tertiary/aromatic N) is 1. The van der Waals surface area contributed by atoms with Crippen LogP contribution in [0.1, 0.15) is 41.4 Å². The third-order valence-corrected chi connectivity index (χ3v) is 4.71. The first kappa shape index (κ1) is 11.3. The van der Waals surface area contributed by atoms with Crippen molar-refractivity contribution in [3.63, 3.8) is 0 Å². The Morgan fingerprint density at radius 2 is 2.00 bits per heavy atom. The topological polar surface area (TPSA) is 48.4 Å².